The van der Waals surface area contributed by atoms with E-state index in [1.807, 2.05) is 55.5 Å². The summed E-state index contributed by atoms with van der Waals surface area (Å²) in [7, 11) is 0. The molecule has 0 spiro atoms. The number of hydrogen-bond acceptors (Lipinski definition) is 4. The molecule has 4 nitrogen and oxygen atoms in total. The van der Waals surface area contributed by atoms with Gasteiger partial charge in [0.25, 0.3) is 0 Å². The Morgan fingerprint density at radius 2 is 2.04 bits per heavy atom. The fourth-order valence-electron chi connectivity index (χ4n) is 2.18. The van der Waals surface area contributed by atoms with Gasteiger partial charge in [0.15, 0.2) is 5.70 Å². The van der Waals surface area contributed by atoms with Gasteiger partial charge in [0.1, 0.15) is 5.75 Å². The van der Waals surface area contributed by atoms with Crippen LogP contribution in [0.25, 0.3) is 6.08 Å². The normalized spacial score (nSPS) is 15.5. The monoisotopic (exact) mass is 371 g/mol. The maximum Gasteiger partial charge on any atom is 0.363 e. The summed E-state index contributed by atoms with van der Waals surface area (Å²) in [5, 5.41) is 0. The molecule has 0 N–H and O–H groups in total. The number of aliphatic imine (C=N–C) groups is 1. The number of halogens is 1. The smallest absolute Gasteiger partial charge is 0.363 e. The lowest BCUT2D eigenvalue weighted by atomic mass is 10.2. The molecule has 0 saturated carbocycles. The third-order valence-corrected chi connectivity index (χ3v) is 3.89. The summed E-state index contributed by atoms with van der Waals surface area (Å²) in [5.41, 5.74) is 1.84. The van der Waals surface area contributed by atoms with Crippen LogP contribution in [-0.4, -0.2) is 18.5 Å². The molecule has 0 amide bonds. The predicted octanol–water partition coefficient (Wildman–Crippen LogP) is 4.19. The Kier molecular flexibility index (Phi) is 4.57. The van der Waals surface area contributed by atoms with Crippen molar-refractivity contribution in [3.63, 3.8) is 0 Å². The van der Waals surface area contributed by atoms with E-state index in [-0.39, 0.29) is 5.70 Å². The maximum atomic E-state index is 12.0. The van der Waals surface area contributed by atoms with E-state index >= 15 is 0 Å². The van der Waals surface area contributed by atoms with Crippen molar-refractivity contribution in [3.8, 4) is 5.75 Å². The van der Waals surface area contributed by atoms with E-state index in [1.54, 1.807) is 6.08 Å². The number of carbonyl (C=O) groups is 1. The van der Waals surface area contributed by atoms with Gasteiger partial charge in [-0.1, -0.05) is 24.3 Å². The first kappa shape index (κ1) is 15.5. The summed E-state index contributed by atoms with van der Waals surface area (Å²) >= 11 is 3.43. The van der Waals surface area contributed by atoms with Gasteiger partial charge in [0.05, 0.1) is 12.2 Å². The summed E-state index contributed by atoms with van der Waals surface area (Å²) in [6.07, 6.45) is 1.69. The van der Waals surface area contributed by atoms with Crippen LogP contribution >= 0.6 is 15.9 Å². The van der Waals surface area contributed by atoms with Crippen molar-refractivity contribution in [2.24, 2.45) is 4.99 Å². The average molecular weight is 372 g/mol. The van der Waals surface area contributed by atoms with Crippen molar-refractivity contribution in [2.45, 2.75) is 6.92 Å². The Bertz CT molecular complexity index is 811. The lowest BCUT2D eigenvalue weighted by Gasteiger charge is -2.03. The number of esters is 1. The van der Waals surface area contributed by atoms with Crippen molar-refractivity contribution in [1.82, 2.24) is 0 Å². The van der Waals surface area contributed by atoms with E-state index in [0.29, 0.717) is 12.5 Å². The van der Waals surface area contributed by atoms with Crippen LogP contribution < -0.4 is 4.74 Å². The fraction of sp³-hybridized carbons (Fsp3) is 0.111. The summed E-state index contributed by atoms with van der Waals surface area (Å²) in [5.74, 6) is 0.593. The minimum absolute atomic E-state index is 0.268. The highest BCUT2D eigenvalue weighted by molar-refractivity contribution is 9.10. The number of carbonyl (C=O) groups excluding carboxylic acids is 1. The number of benzene rings is 2. The van der Waals surface area contributed by atoms with E-state index in [0.717, 1.165) is 21.3 Å². The second-order valence-electron chi connectivity index (χ2n) is 4.82. The Balaban J connectivity index is 1.92. The largest absolute Gasteiger partial charge is 0.494 e. The summed E-state index contributed by atoms with van der Waals surface area (Å²) < 4.78 is 11.6. The van der Waals surface area contributed by atoms with Gasteiger partial charge in [0, 0.05) is 4.47 Å². The lowest BCUT2D eigenvalue weighted by Crippen LogP contribution is -2.05. The van der Waals surface area contributed by atoms with Crippen molar-refractivity contribution in [3.05, 3.63) is 69.8 Å². The average Bonchev–Trinajstić information content (AvgIpc) is 2.89. The molecule has 2 aromatic rings. The fourth-order valence-corrected chi connectivity index (χ4v) is 2.63. The van der Waals surface area contributed by atoms with Crippen LogP contribution in [0.4, 0.5) is 0 Å². The van der Waals surface area contributed by atoms with E-state index in [4.69, 9.17) is 9.47 Å². The summed E-state index contributed by atoms with van der Waals surface area (Å²) in [6, 6.07) is 15.0. The highest BCUT2D eigenvalue weighted by atomic mass is 79.9. The molecule has 2 aromatic carbocycles. The Hall–Kier alpha value is -2.40. The number of cyclic esters (lactones) is 1. The highest BCUT2D eigenvalue weighted by Crippen LogP contribution is 2.24. The first-order valence-electron chi connectivity index (χ1n) is 7.17. The number of nitrogens with zero attached hydrogens (tertiary/aromatic N) is 1. The Labute approximate surface area is 142 Å². The van der Waals surface area contributed by atoms with Gasteiger partial charge in [-0.3, -0.25) is 0 Å². The van der Waals surface area contributed by atoms with Crippen LogP contribution in [0, 0.1) is 0 Å². The molecule has 0 bridgehead atoms. The second kappa shape index (κ2) is 6.79. The van der Waals surface area contributed by atoms with Crippen molar-refractivity contribution in [1.29, 1.82) is 0 Å². The molecule has 5 heteroatoms. The molecule has 3 rings (SSSR count). The van der Waals surface area contributed by atoms with E-state index in [9.17, 15) is 4.79 Å². The zero-order valence-corrected chi connectivity index (χ0v) is 14.0. The Morgan fingerprint density at radius 1 is 1.22 bits per heavy atom. The standard InChI is InChI=1S/C18H14BrNO3/c1-2-22-13-7-5-6-12(10-13)11-16-18(21)23-17(20-16)14-8-3-4-9-15(14)19/h3-11H,2H2,1H3. The van der Waals surface area contributed by atoms with Crippen LogP contribution in [0.15, 0.2) is 63.7 Å². The number of ether oxygens (including phenoxy) is 2. The molecule has 0 radical (unpaired) electrons. The van der Waals surface area contributed by atoms with Crippen LogP contribution in [0.1, 0.15) is 18.1 Å². The van der Waals surface area contributed by atoms with E-state index < -0.39 is 5.97 Å². The molecule has 0 unspecified atom stereocenters. The zero-order chi connectivity index (χ0) is 16.2. The Morgan fingerprint density at radius 3 is 2.83 bits per heavy atom. The maximum absolute atomic E-state index is 12.0. The lowest BCUT2D eigenvalue weighted by molar-refractivity contribution is -0.129. The minimum atomic E-state index is -0.461. The van der Waals surface area contributed by atoms with Crippen molar-refractivity contribution in [2.75, 3.05) is 6.61 Å². The quantitative estimate of drug-likeness (QED) is 0.597. The van der Waals surface area contributed by atoms with Gasteiger partial charge in [-0.05, 0) is 58.8 Å². The highest BCUT2D eigenvalue weighted by Gasteiger charge is 2.25. The van der Waals surface area contributed by atoms with Gasteiger partial charge in [-0.25, -0.2) is 9.79 Å². The van der Waals surface area contributed by atoms with Crippen molar-refractivity contribution < 1.29 is 14.3 Å². The molecule has 0 aromatic heterocycles. The molecule has 0 atom stereocenters. The molecule has 1 heterocycles. The van der Waals surface area contributed by atoms with Gasteiger partial charge >= 0.3 is 5.97 Å². The number of rotatable bonds is 4. The first-order valence-corrected chi connectivity index (χ1v) is 7.97. The van der Waals surface area contributed by atoms with Gasteiger partial charge < -0.3 is 9.47 Å². The second-order valence-corrected chi connectivity index (χ2v) is 5.68. The third kappa shape index (κ3) is 3.51. The number of hydrogen-bond donors (Lipinski definition) is 0. The molecule has 1 aliphatic rings. The van der Waals surface area contributed by atoms with Gasteiger partial charge in [-0.2, -0.15) is 0 Å². The van der Waals surface area contributed by atoms with Crippen molar-refractivity contribution >= 4 is 33.9 Å². The molecule has 1 aliphatic heterocycles. The molecule has 0 saturated heterocycles. The van der Waals surface area contributed by atoms with Gasteiger partial charge in [0.2, 0.25) is 5.90 Å². The minimum Gasteiger partial charge on any atom is -0.494 e. The van der Waals surface area contributed by atoms with Crippen LogP contribution in [-0.2, 0) is 9.53 Å². The molecular formula is C18H14BrNO3. The van der Waals surface area contributed by atoms with Crippen LogP contribution in [0.2, 0.25) is 0 Å². The van der Waals surface area contributed by atoms with E-state index in [1.165, 1.54) is 0 Å². The molecule has 23 heavy (non-hydrogen) atoms. The van der Waals surface area contributed by atoms with Crippen LogP contribution in [0.3, 0.4) is 0 Å². The molecule has 0 fully saturated rings. The molecule has 0 aliphatic carbocycles. The summed E-state index contributed by atoms with van der Waals surface area (Å²) in [4.78, 5) is 16.3. The molecular weight excluding hydrogens is 358 g/mol. The zero-order valence-electron chi connectivity index (χ0n) is 12.5. The SMILES string of the molecule is CCOc1cccc(C=C2N=C(c3ccccc3Br)OC2=O)c1. The molecule has 116 valence electrons. The van der Waals surface area contributed by atoms with Gasteiger partial charge in [-0.15, -0.1) is 0 Å². The summed E-state index contributed by atoms with van der Waals surface area (Å²) in [6.45, 7) is 2.51. The van der Waals surface area contributed by atoms with Crippen LogP contribution in [0.5, 0.6) is 5.75 Å². The van der Waals surface area contributed by atoms with E-state index in [2.05, 4.69) is 20.9 Å². The topological polar surface area (TPSA) is 47.9 Å². The first-order chi connectivity index (χ1) is 11.2. The predicted molar refractivity (Wildman–Crippen MR) is 92.4 cm³/mol. The third-order valence-electron chi connectivity index (χ3n) is 3.20.